The maximum absolute atomic E-state index is 5.44. The normalized spacial score (nSPS) is 28.5. The third-order valence-corrected chi connectivity index (χ3v) is 4.18. The standard InChI is InChI=1S/C15H31NO2/c1-13-6-7-15(12-14(13)2)16-8-4-5-9-18-11-10-17-3/h13-16H,4-12H2,1-3H3. The lowest BCUT2D eigenvalue weighted by atomic mass is 9.79. The van der Waals surface area contributed by atoms with E-state index in [-0.39, 0.29) is 0 Å². The van der Waals surface area contributed by atoms with Crippen molar-refractivity contribution in [2.45, 2.75) is 52.0 Å². The average Bonchev–Trinajstić information content (AvgIpc) is 2.37. The molecule has 0 aromatic heterocycles. The fraction of sp³-hybridized carbons (Fsp3) is 1.00. The minimum Gasteiger partial charge on any atom is -0.382 e. The molecule has 18 heavy (non-hydrogen) atoms. The Balaban J connectivity index is 1.89. The molecular formula is C15H31NO2. The molecule has 3 unspecified atom stereocenters. The molecule has 1 aliphatic carbocycles. The predicted molar refractivity (Wildman–Crippen MR) is 75.9 cm³/mol. The van der Waals surface area contributed by atoms with Gasteiger partial charge in [0, 0.05) is 19.8 Å². The lowest BCUT2D eigenvalue weighted by Crippen LogP contribution is -2.36. The molecule has 3 nitrogen and oxygen atoms in total. The van der Waals surface area contributed by atoms with E-state index in [1.807, 2.05) is 0 Å². The van der Waals surface area contributed by atoms with E-state index in [9.17, 15) is 0 Å². The Kier molecular flexibility index (Phi) is 8.64. The summed E-state index contributed by atoms with van der Waals surface area (Å²) in [6.45, 7) is 8.21. The van der Waals surface area contributed by atoms with Crippen molar-refractivity contribution in [3.05, 3.63) is 0 Å². The molecule has 1 aliphatic rings. The molecule has 0 aromatic carbocycles. The average molecular weight is 257 g/mol. The zero-order valence-electron chi connectivity index (χ0n) is 12.4. The van der Waals surface area contributed by atoms with Gasteiger partial charge in [0.1, 0.15) is 0 Å². The van der Waals surface area contributed by atoms with E-state index in [0.717, 1.165) is 44.1 Å². The second kappa shape index (κ2) is 9.76. The Morgan fingerprint density at radius 3 is 2.56 bits per heavy atom. The highest BCUT2D eigenvalue weighted by Gasteiger charge is 2.23. The van der Waals surface area contributed by atoms with E-state index < -0.39 is 0 Å². The van der Waals surface area contributed by atoms with Crippen LogP contribution in [0.1, 0.15) is 46.0 Å². The zero-order valence-corrected chi connectivity index (χ0v) is 12.4. The number of hydrogen-bond donors (Lipinski definition) is 1. The highest BCUT2D eigenvalue weighted by atomic mass is 16.5. The van der Waals surface area contributed by atoms with Crippen molar-refractivity contribution < 1.29 is 9.47 Å². The quantitative estimate of drug-likeness (QED) is 0.644. The molecule has 0 aliphatic heterocycles. The summed E-state index contributed by atoms with van der Waals surface area (Å²) in [5, 5.41) is 3.69. The molecule has 108 valence electrons. The monoisotopic (exact) mass is 257 g/mol. The van der Waals surface area contributed by atoms with Gasteiger partial charge in [0.15, 0.2) is 0 Å². The summed E-state index contributed by atoms with van der Waals surface area (Å²) in [7, 11) is 1.71. The van der Waals surface area contributed by atoms with Crippen molar-refractivity contribution in [1.82, 2.24) is 5.32 Å². The minimum atomic E-state index is 0.705. The van der Waals surface area contributed by atoms with E-state index in [1.165, 1.54) is 25.7 Å². The molecule has 0 spiro atoms. The van der Waals surface area contributed by atoms with Crippen molar-refractivity contribution in [3.8, 4) is 0 Å². The Hall–Kier alpha value is -0.120. The number of ether oxygens (including phenoxy) is 2. The topological polar surface area (TPSA) is 30.5 Å². The summed E-state index contributed by atoms with van der Waals surface area (Å²) in [5.74, 6) is 1.80. The van der Waals surface area contributed by atoms with Crippen LogP contribution < -0.4 is 5.32 Å². The fourth-order valence-electron chi connectivity index (χ4n) is 2.61. The highest BCUT2D eigenvalue weighted by Crippen LogP contribution is 2.29. The summed E-state index contributed by atoms with van der Waals surface area (Å²) < 4.78 is 10.4. The fourth-order valence-corrected chi connectivity index (χ4v) is 2.61. The van der Waals surface area contributed by atoms with Crippen molar-refractivity contribution in [2.24, 2.45) is 11.8 Å². The third kappa shape index (κ3) is 6.72. The predicted octanol–water partition coefficient (Wildman–Crippen LogP) is 2.84. The second-order valence-corrected chi connectivity index (χ2v) is 5.73. The van der Waals surface area contributed by atoms with Gasteiger partial charge in [0.2, 0.25) is 0 Å². The summed E-state index contributed by atoms with van der Waals surface area (Å²) in [6, 6.07) is 0.755. The largest absolute Gasteiger partial charge is 0.382 e. The molecule has 0 bridgehead atoms. The lowest BCUT2D eigenvalue weighted by Gasteiger charge is -2.32. The van der Waals surface area contributed by atoms with Gasteiger partial charge in [-0.25, -0.2) is 0 Å². The number of hydrogen-bond acceptors (Lipinski definition) is 3. The number of unbranched alkanes of at least 4 members (excludes halogenated alkanes) is 1. The Morgan fingerprint density at radius 1 is 1.00 bits per heavy atom. The molecule has 0 amide bonds. The van der Waals surface area contributed by atoms with Gasteiger partial charge in [-0.2, -0.15) is 0 Å². The molecule has 1 saturated carbocycles. The summed E-state index contributed by atoms with van der Waals surface area (Å²) in [5.41, 5.74) is 0. The van der Waals surface area contributed by atoms with E-state index in [4.69, 9.17) is 9.47 Å². The number of nitrogens with one attached hydrogen (secondary N) is 1. The Bertz CT molecular complexity index is 199. The van der Waals surface area contributed by atoms with Gasteiger partial charge in [0.05, 0.1) is 13.2 Å². The van der Waals surface area contributed by atoms with Crippen molar-refractivity contribution in [2.75, 3.05) is 33.5 Å². The minimum absolute atomic E-state index is 0.705. The van der Waals surface area contributed by atoms with Gasteiger partial charge in [-0.3, -0.25) is 0 Å². The van der Waals surface area contributed by atoms with E-state index in [1.54, 1.807) is 7.11 Å². The molecule has 1 fully saturated rings. The second-order valence-electron chi connectivity index (χ2n) is 5.73. The summed E-state index contributed by atoms with van der Waals surface area (Å²) in [4.78, 5) is 0. The Morgan fingerprint density at radius 2 is 1.83 bits per heavy atom. The van der Waals surface area contributed by atoms with Gasteiger partial charge in [-0.15, -0.1) is 0 Å². The van der Waals surface area contributed by atoms with Crippen LogP contribution in [0.2, 0.25) is 0 Å². The summed E-state index contributed by atoms with van der Waals surface area (Å²) >= 11 is 0. The first-order valence-electron chi connectivity index (χ1n) is 7.54. The third-order valence-electron chi connectivity index (χ3n) is 4.18. The number of methoxy groups -OCH3 is 1. The molecular weight excluding hydrogens is 226 g/mol. The lowest BCUT2D eigenvalue weighted by molar-refractivity contribution is 0.0686. The van der Waals surface area contributed by atoms with Gasteiger partial charge in [-0.05, 0) is 50.5 Å². The van der Waals surface area contributed by atoms with Crippen LogP contribution in [0.5, 0.6) is 0 Å². The molecule has 0 radical (unpaired) electrons. The van der Waals surface area contributed by atoms with E-state index >= 15 is 0 Å². The first-order valence-corrected chi connectivity index (χ1v) is 7.54. The number of rotatable bonds is 9. The van der Waals surface area contributed by atoms with Crippen molar-refractivity contribution in [1.29, 1.82) is 0 Å². The molecule has 0 heterocycles. The van der Waals surface area contributed by atoms with Crippen LogP contribution in [0.15, 0.2) is 0 Å². The van der Waals surface area contributed by atoms with Crippen LogP contribution >= 0.6 is 0 Å². The van der Waals surface area contributed by atoms with Crippen LogP contribution in [0.4, 0.5) is 0 Å². The maximum atomic E-state index is 5.44. The maximum Gasteiger partial charge on any atom is 0.0700 e. The summed E-state index contributed by atoms with van der Waals surface area (Å²) in [6.07, 6.45) is 6.46. The molecule has 1 rings (SSSR count). The molecule has 0 saturated heterocycles. The van der Waals surface area contributed by atoms with Gasteiger partial charge in [-0.1, -0.05) is 13.8 Å². The highest BCUT2D eigenvalue weighted by molar-refractivity contribution is 4.79. The molecule has 3 atom stereocenters. The van der Waals surface area contributed by atoms with Gasteiger partial charge >= 0.3 is 0 Å². The van der Waals surface area contributed by atoms with Crippen molar-refractivity contribution in [3.63, 3.8) is 0 Å². The van der Waals surface area contributed by atoms with Crippen LogP contribution in [0.3, 0.4) is 0 Å². The molecule has 0 aromatic rings. The smallest absolute Gasteiger partial charge is 0.0700 e. The van der Waals surface area contributed by atoms with Crippen LogP contribution in [-0.4, -0.2) is 39.5 Å². The van der Waals surface area contributed by atoms with E-state index in [0.29, 0.717) is 6.61 Å². The van der Waals surface area contributed by atoms with Crippen molar-refractivity contribution >= 4 is 0 Å². The Labute approximate surface area is 113 Å². The molecule has 3 heteroatoms. The first-order chi connectivity index (χ1) is 8.74. The van der Waals surface area contributed by atoms with Crippen LogP contribution in [0, 0.1) is 11.8 Å². The SMILES string of the molecule is COCCOCCCCNC1CCC(C)C(C)C1. The molecule has 1 N–H and O–H groups in total. The first kappa shape index (κ1) is 15.9. The van der Waals surface area contributed by atoms with E-state index in [2.05, 4.69) is 19.2 Å². The van der Waals surface area contributed by atoms with Crippen LogP contribution in [-0.2, 0) is 9.47 Å². The van der Waals surface area contributed by atoms with Crippen LogP contribution in [0.25, 0.3) is 0 Å². The zero-order chi connectivity index (χ0) is 13.2. The van der Waals surface area contributed by atoms with Gasteiger partial charge in [0.25, 0.3) is 0 Å². The van der Waals surface area contributed by atoms with Gasteiger partial charge < -0.3 is 14.8 Å².